The fraction of sp³-hybridized carbons (Fsp3) is 0.333. The second-order valence-corrected chi connectivity index (χ2v) is 8.32. The van der Waals surface area contributed by atoms with Gasteiger partial charge in [0.2, 0.25) is 0 Å². The van der Waals surface area contributed by atoms with Gasteiger partial charge in [0, 0.05) is 19.2 Å². The van der Waals surface area contributed by atoms with Crippen molar-refractivity contribution >= 4 is 50.5 Å². The van der Waals surface area contributed by atoms with E-state index in [1.54, 1.807) is 11.3 Å². The molecule has 1 heterocycles. The fourth-order valence-corrected chi connectivity index (χ4v) is 3.99. The molecule has 1 unspecified atom stereocenters. The van der Waals surface area contributed by atoms with E-state index in [4.69, 9.17) is 23.2 Å². The van der Waals surface area contributed by atoms with Crippen LogP contribution >= 0.6 is 50.5 Å². The molecule has 1 aromatic carbocycles. The summed E-state index contributed by atoms with van der Waals surface area (Å²) in [4.78, 5) is 2.49. The average molecular weight is 378 g/mol. The Kier molecular flexibility index (Phi) is 4.67. The van der Waals surface area contributed by atoms with Crippen molar-refractivity contribution in [3.8, 4) is 0 Å². The van der Waals surface area contributed by atoms with Crippen LogP contribution in [0.5, 0.6) is 0 Å². The van der Waals surface area contributed by atoms with Crippen LogP contribution in [-0.2, 0) is 5.41 Å². The van der Waals surface area contributed by atoms with Gasteiger partial charge in [0.15, 0.2) is 0 Å². The largest absolute Gasteiger partial charge is 0.143 e. The summed E-state index contributed by atoms with van der Waals surface area (Å²) >= 11 is 17.9. The highest BCUT2D eigenvalue weighted by molar-refractivity contribution is 9.10. The first-order valence-electron chi connectivity index (χ1n) is 5.98. The molecule has 4 heteroatoms. The molecule has 0 saturated carbocycles. The van der Waals surface area contributed by atoms with E-state index in [2.05, 4.69) is 48.8 Å². The number of thiophene rings is 1. The first kappa shape index (κ1) is 15.4. The van der Waals surface area contributed by atoms with Crippen LogP contribution in [0.15, 0.2) is 34.8 Å². The topological polar surface area (TPSA) is 0 Å². The summed E-state index contributed by atoms with van der Waals surface area (Å²) in [7, 11) is 0. The van der Waals surface area contributed by atoms with Crippen molar-refractivity contribution in [3.63, 3.8) is 0 Å². The summed E-state index contributed by atoms with van der Waals surface area (Å²) in [5.74, 6) is 0. The Hall–Kier alpha value is -0.0200. The van der Waals surface area contributed by atoms with Crippen LogP contribution < -0.4 is 0 Å². The molecule has 0 aliphatic heterocycles. The highest BCUT2D eigenvalue weighted by Crippen LogP contribution is 2.40. The van der Waals surface area contributed by atoms with Crippen LogP contribution in [-0.4, -0.2) is 0 Å². The van der Waals surface area contributed by atoms with E-state index in [1.807, 2.05) is 18.2 Å². The van der Waals surface area contributed by atoms with Crippen LogP contribution in [0, 0.1) is 0 Å². The second kappa shape index (κ2) is 5.77. The van der Waals surface area contributed by atoms with E-state index in [0.717, 1.165) is 14.9 Å². The van der Waals surface area contributed by atoms with Gasteiger partial charge in [0.25, 0.3) is 0 Å². The standard InChI is InChI=1S/C15H15BrCl2S/c1-15(2,3)13-7-6-12(19-13)14(18)10-8-9(17)4-5-11(10)16/h4-8,14H,1-3H3. The maximum atomic E-state index is 6.59. The number of benzene rings is 1. The zero-order valence-corrected chi connectivity index (χ0v) is 14.9. The van der Waals surface area contributed by atoms with E-state index in [1.165, 1.54) is 4.88 Å². The molecular formula is C15H15BrCl2S. The second-order valence-electron chi connectivity index (χ2n) is 5.48. The van der Waals surface area contributed by atoms with Crippen LogP contribution in [0.1, 0.15) is 41.5 Å². The summed E-state index contributed by atoms with van der Waals surface area (Å²) in [6.45, 7) is 6.63. The van der Waals surface area contributed by atoms with Gasteiger partial charge in [-0.05, 0) is 41.3 Å². The third-order valence-corrected chi connectivity index (χ3v) is 5.98. The normalized spacial score (nSPS) is 13.6. The average Bonchev–Trinajstić information content (AvgIpc) is 2.80. The van der Waals surface area contributed by atoms with E-state index >= 15 is 0 Å². The molecule has 0 amide bonds. The van der Waals surface area contributed by atoms with Crippen LogP contribution in [0.3, 0.4) is 0 Å². The summed E-state index contributed by atoms with van der Waals surface area (Å²) in [5, 5.41) is 0.533. The van der Waals surface area contributed by atoms with E-state index < -0.39 is 0 Å². The van der Waals surface area contributed by atoms with Gasteiger partial charge >= 0.3 is 0 Å². The number of hydrogen-bond donors (Lipinski definition) is 0. The molecule has 2 aromatic rings. The van der Waals surface area contributed by atoms with E-state index in [9.17, 15) is 0 Å². The highest BCUT2D eigenvalue weighted by Gasteiger charge is 2.21. The molecule has 0 fully saturated rings. The van der Waals surface area contributed by atoms with Gasteiger partial charge in [-0.15, -0.1) is 22.9 Å². The molecule has 19 heavy (non-hydrogen) atoms. The Bertz CT molecular complexity index is 584. The third kappa shape index (κ3) is 3.55. The van der Waals surface area contributed by atoms with Gasteiger partial charge in [-0.3, -0.25) is 0 Å². The number of rotatable bonds is 2. The Balaban J connectivity index is 2.36. The smallest absolute Gasteiger partial charge is 0.0939 e. The molecule has 0 spiro atoms. The summed E-state index contributed by atoms with van der Waals surface area (Å²) in [6.07, 6.45) is 0. The third-order valence-electron chi connectivity index (χ3n) is 2.85. The zero-order valence-electron chi connectivity index (χ0n) is 11.0. The molecule has 0 aliphatic carbocycles. The predicted octanol–water partition coefficient (Wildman–Crippen LogP) is 6.79. The van der Waals surface area contributed by atoms with Gasteiger partial charge < -0.3 is 0 Å². The number of alkyl halides is 1. The van der Waals surface area contributed by atoms with Gasteiger partial charge in [-0.1, -0.05) is 48.3 Å². The summed E-state index contributed by atoms with van der Waals surface area (Å²) in [5.41, 5.74) is 1.17. The van der Waals surface area contributed by atoms with E-state index in [0.29, 0.717) is 5.02 Å². The lowest BCUT2D eigenvalue weighted by molar-refractivity contribution is 0.604. The van der Waals surface area contributed by atoms with Crippen molar-refractivity contribution in [1.29, 1.82) is 0 Å². The fourth-order valence-electron chi connectivity index (χ4n) is 1.75. The Morgan fingerprint density at radius 3 is 2.42 bits per heavy atom. The summed E-state index contributed by atoms with van der Waals surface area (Å²) < 4.78 is 0.989. The van der Waals surface area contributed by atoms with Crippen LogP contribution in [0.2, 0.25) is 5.02 Å². The van der Waals surface area contributed by atoms with Crippen LogP contribution in [0.4, 0.5) is 0 Å². The van der Waals surface area contributed by atoms with Crippen molar-refractivity contribution < 1.29 is 0 Å². The van der Waals surface area contributed by atoms with Gasteiger partial charge in [-0.2, -0.15) is 0 Å². The van der Waals surface area contributed by atoms with Crippen molar-refractivity contribution in [2.75, 3.05) is 0 Å². The molecule has 0 radical (unpaired) electrons. The SMILES string of the molecule is CC(C)(C)c1ccc(C(Cl)c2cc(Cl)ccc2Br)s1. The molecule has 0 aliphatic rings. The first-order chi connectivity index (χ1) is 8.79. The highest BCUT2D eigenvalue weighted by atomic mass is 79.9. The minimum absolute atomic E-state index is 0.158. The molecule has 0 N–H and O–H groups in total. The lowest BCUT2D eigenvalue weighted by Crippen LogP contribution is -2.07. The maximum absolute atomic E-state index is 6.59. The predicted molar refractivity (Wildman–Crippen MR) is 89.9 cm³/mol. The minimum atomic E-state index is -0.172. The summed E-state index contributed by atoms with van der Waals surface area (Å²) in [6, 6.07) is 9.98. The maximum Gasteiger partial charge on any atom is 0.0939 e. The number of hydrogen-bond acceptors (Lipinski definition) is 1. The quantitative estimate of drug-likeness (QED) is 0.505. The molecular weight excluding hydrogens is 363 g/mol. The molecule has 1 atom stereocenters. The number of halogens is 3. The molecule has 0 nitrogen and oxygen atoms in total. The molecule has 2 rings (SSSR count). The van der Waals surface area contributed by atoms with Gasteiger partial charge in [0.1, 0.15) is 0 Å². The first-order valence-corrected chi connectivity index (χ1v) is 8.40. The van der Waals surface area contributed by atoms with Gasteiger partial charge in [-0.25, -0.2) is 0 Å². The molecule has 102 valence electrons. The van der Waals surface area contributed by atoms with Crippen LogP contribution in [0.25, 0.3) is 0 Å². The molecule has 0 saturated heterocycles. The monoisotopic (exact) mass is 376 g/mol. The van der Waals surface area contributed by atoms with Crippen molar-refractivity contribution in [1.82, 2.24) is 0 Å². The lowest BCUT2D eigenvalue weighted by atomic mass is 9.95. The van der Waals surface area contributed by atoms with Crippen molar-refractivity contribution in [3.05, 3.63) is 55.1 Å². The van der Waals surface area contributed by atoms with E-state index in [-0.39, 0.29) is 10.8 Å². The minimum Gasteiger partial charge on any atom is -0.143 e. The zero-order chi connectivity index (χ0) is 14.2. The Morgan fingerprint density at radius 1 is 1.16 bits per heavy atom. The van der Waals surface area contributed by atoms with Crippen molar-refractivity contribution in [2.24, 2.45) is 0 Å². The molecule has 0 bridgehead atoms. The van der Waals surface area contributed by atoms with Crippen molar-refractivity contribution in [2.45, 2.75) is 31.6 Å². The van der Waals surface area contributed by atoms with Gasteiger partial charge in [0.05, 0.1) is 5.38 Å². The molecule has 1 aromatic heterocycles. The Labute approximate surface area is 136 Å². The Morgan fingerprint density at radius 2 is 1.84 bits per heavy atom. The lowest BCUT2D eigenvalue weighted by Gasteiger charge is -2.16.